The zero-order valence-corrected chi connectivity index (χ0v) is 13.2. The fraction of sp³-hybridized carbons (Fsp3) is 0.500. The molecule has 0 spiro atoms. The van der Waals surface area contributed by atoms with E-state index in [-0.39, 0.29) is 11.7 Å². The van der Waals surface area contributed by atoms with E-state index in [2.05, 4.69) is 17.1 Å². The van der Waals surface area contributed by atoms with Crippen LogP contribution in [0.15, 0.2) is 30.3 Å². The number of amides is 1. The highest BCUT2D eigenvalue weighted by Gasteiger charge is 2.15. The van der Waals surface area contributed by atoms with Crippen LogP contribution in [-0.4, -0.2) is 37.0 Å². The van der Waals surface area contributed by atoms with E-state index in [0.29, 0.717) is 12.1 Å². The third-order valence-corrected chi connectivity index (χ3v) is 3.97. The van der Waals surface area contributed by atoms with Crippen molar-refractivity contribution in [3.8, 4) is 0 Å². The molecule has 1 atom stereocenters. The van der Waals surface area contributed by atoms with Crippen molar-refractivity contribution in [1.29, 1.82) is 0 Å². The van der Waals surface area contributed by atoms with Gasteiger partial charge >= 0.3 is 0 Å². The van der Waals surface area contributed by atoms with Crippen molar-refractivity contribution in [2.75, 3.05) is 26.2 Å². The van der Waals surface area contributed by atoms with Gasteiger partial charge in [0.05, 0.1) is 0 Å². The summed E-state index contributed by atoms with van der Waals surface area (Å²) in [6, 6.07) is 6.19. The third-order valence-electron chi connectivity index (χ3n) is 3.97. The van der Waals surface area contributed by atoms with Gasteiger partial charge in [-0.3, -0.25) is 4.79 Å². The molecule has 22 heavy (non-hydrogen) atoms. The van der Waals surface area contributed by atoms with E-state index in [0.717, 1.165) is 18.9 Å². The first-order chi connectivity index (χ1) is 10.6. The SMILES string of the molecule is CC1CCCN(CCCNC(=O)C=Cc2cccc(F)c2)C1. The van der Waals surface area contributed by atoms with Crippen LogP contribution in [0.1, 0.15) is 31.7 Å². The minimum absolute atomic E-state index is 0.128. The highest BCUT2D eigenvalue weighted by molar-refractivity contribution is 5.91. The molecule has 1 heterocycles. The predicted octanol–water partition coefficient (Wildman–Crippen LogP) is 3.08. The first kappa shape index (κ1) is 16.7. The summed E-state index contributed by atoms with van der Waals surface area (Å²) in [6.07, 6.45) is 6.66. The number of likely N-dealkylation sites (tertiary alicyclic amines) is 1. The maximum atomic E-state index is 13.0. The minimum atomic E-state index is -0.293. The summed E-state index contributed by atoms with van der Waals surface area (Å²) in [5.74, 6) is 0.368. The molecule has 2 rings (SSSR count). The maximum Gasteiger partial charge on any atom is 0.243 e. The summed E-state index contributed by atoms with van der Waals surface area (Å²) in [7, 11) is 0. The Hall–Kier alpha value is -1.68. The van der Waals surface area contributed by atoms with Gasteiger partial charge in [0.25, 0.3) is 0 Å². The van der Waals surface area contributed by atoms with Crippen LogP contribution < -0.4 is 5.32 Å². The molecule has 0 radical (unpaired) electrons. The van der Waals surface area contributed by atoms with Gasteiger partial charge in [0.15, 0.2) is 0 Å². The van der Waals surface area contributed by atoms with Gasteiger partial charge in [-0.05, 0) is 62.0 Å². The fourth-order valence-corrected chi connectivity index (χ4v) is 2.85. The topological polar surface area (TPSA) is 32.3 Å². The molecular formula is C18H25FN2O. The number of hydrogen-bond donors (Lipinski definition) is 1. The van der Waals surface area contributed by atoms with Gasteiger partial charge in [-0.15, -0.1) is 0 Å². The van der Waals surface area contributed by atoms with Crippen molar-refractivity contribution >= 4 is 12.0 Å². The van der Waals surface area contributed by atoms with Gasteiger partial charge in [-0.1, -0.05) is 19.1 Å². The van der Waals surface area contributed by atoms with Crippen LogP contribution in [0.25, 0.3) is 6.08 Å². The molecule has 1 amide bonds. The normalized spacial score (nSPS) is 19.5. The lowest BCUT2D eigenvalue weighted by atomic mass is 10.0. The zero-order chi connectivity index (χ0) is 15.8. The van der Waals surface area contributed by atoms with E-state index in [4.69, 9.17) is 0 Å². The number of nitrogens with one attached hydrogen (secondary N) is 1. The summed E-state index contributed by atoms with van der Waals surface area (Å²) in [5, 5.41) is 2.87. The number of rotatable bonds is 6. The Bertz CT molecular complexity index is 516. The Morgan fingerprint density at radius 2 is 2.36 bits per heavy atom. The highest BCUT2D eigenvalue weighted by Crippen LogP contribution is 2.15. The number of nitrogens with zero attached hydrogens (tertiary/aromatic N) is 1. The van der Waals surface area contributed by atoms with Crippen LogP contribution in [0.2, 0.25) is 0 Å². The molecule has 1 unspecified atom stereocenters. The molecule has 1 aliphatic heterocycles. The zero-order valence-electron chi connectivity index (χ0n) is 13.2. The molecule has 1 aromatic carbocycles. The van der Waals surface area contributed by atoms with E-state index in [9.17, 15) is 9.18 Å². The second kappa shape index (κ2) is 8.69. The quantitative estimate of drug-likeness (QED) is 0.647. The molecule has 0 saturated carbocycles. The van der Waals surface area contributed by atoms with E-state index in [1.807, 2.05) is 0 Å². The van der Waals surface area contributed by atoms with E-state index in [1.165, 1.54) is 44.1 Å². The average Bonchev–Trinajstić information content (AvgIpc) is 2.50. The summed E-state index contributed by atoms with van der Waals surface area (Å²) in [5.41, 5.74) is 0.692. The predicted molar refractivity (Wildman–Crippen MR) is 87.9 cm³/mol. The Morgan fingerprint density at radius 1 is 1.50 bits per heavy atom. The number of hydrogen-bond acceptors (Lipinski definition) is 2. The summed E-state index contributed by atoms with van der Waals surface area (Å²) in [6.45, 7) is 6.37. The Kier molecular flexibility index (Phi) is 6.59. The van der Waals surface area contributed by atoms with Crippen molar-refractivity contribution in [1.82, 2.24) is 10.2 Å². The number of halogens is 1. The number of benzene rings is 1. The lowest BCUT2D eigenvalue weighted by Gasteiger charge is -2.30. The number of carbonyl (C=O) groups is 1. The van der Waals surface area contributed by atoms with Crippen LogP contribution in [0.3, 0.4) is 0 Å². The van der Waals surface area contributed by atoms with Gasteiger partial charge in [0.1, 0.15) is 5.82 Å². The minimum Gasteiger partial charge on any atom is -0.353 e. The van der Waals surface area contributed by atoms with Crippen molar-refractivity contribution in [3.05, 3.63) is 41.7 Å². The molecule has 1 aromatic rings. The number of piperidine rings is 1. The lowest BCUT2D eigenvalue weighted by Crippen LogP contribution is -2.36. The van der Waals surface area contributed by atoms with Crippen LogP contribution in [0.4, 0.5) is 4.39 Å². The van der Waals surface area contributed by atoms with Crippen molar-refractivity contribution < 1.29 is 9.18 Å². The highest BCUT2D eigenvalue weighted by atomic mass is 19.1. The van der Waals surface area contributed by atoms with Gasteiger partial charge in [-0.2, -0.15) is 0 Å². The Labute approximate surface area is 132 Å². The van der Waals surface area contributed by atoms with Gasteiger partial charge < -0.3 is 10.2 Å². The van der Waals surface area contributed by atoms with E-state index in [1.54, 1.807) is 18.2 Å². The molecule has 0 aromatic heterocycles. The average molecular weight is 304 g/mol. The molecule has 4 heteroatoms. The van der Waals surface area contributed by atoms with Crippen LogP contribution in [0.5, 0.6) is 0 Å². The van der Waals surface area contributed by atoms with Crippen LogP contribution in [0, 0.1) is 11.7 Å². The second-order valence-corrected chi connectivity index (χ2v) is 6.08. The third kappa shape index (κ3) is 5.98. The Morgan fingerprint density at radius 3 is 3.14 bits per heavy atom. The molecule has 1 saturated heterocycles. The first-order valence-electron chi connectivity index (χ1n) is 8.07. The largest absolute Gasteiger partial charge is 0.353 e. The smallest absolute Gasteiger partial charge is 0.243 e. The van der Waals surface area contributed by atoms with E-state index < -0.39 is 0 Å². The lowest BCUT2D eigenvalue weighted by molar-refractivity contribution is -0.116. The summed E-state index contributed by atoms with van der Waals surface area (Å²) in [4.78, 5) is 14.2. The molecule has 3 nitrogen and oxygen atoms in total. The first-order valence-corrected chi connectivity index (χ1v) is 8.07. The Balaban J connectivity index is 1.63. The van der Waals surface area contributed by atoms with Crippen LogP contribution in [-0.2, 0) is 4.79 Å². The molecule has 1 fully saturated rings. The van der Waals surface area contributed by atoms with Crippen molar-refractivity contribution in [2.45, 2.75) is 26.2 Å². The van der Waals surface area contributed by atoms with Crippen molar-refractivity contribution in [2.24, 2.45) is 5.92 Å². The van der Waals surface area contributed by atoms with Crippen molar-refractivity contribution in [3.63, 3.8) is 0 Å². The molecule has 0 bridgehead atoms. The summed E-state index contributed by atoms with van der Waals surface area (Å²) < 4.78 is 13.0. The molecule has 120 valence electrons. The van der Waals surface area contributed by atoms with Crippen LogP contribution >= 0.6 is 0 Å². The van der Waals surface area contributed by atoms with E-state index >= 15 is 0 Å². The molecule has 1 aliphatic rings. The standard InChI is InChI=1S/C18H25FN2O/c1-15-5-3-11-21(14-15)12-4-10-20-18(22)9-8-16-6-2-7-17(19)13-16/h2,6-9,13,15H,3-5,10-12,14H2,1H3,(H,20,22). The summed E-state index contributed by atoms with van der Waals surface area (Å²) >= 11 is 0. The van der Waals surface area contributed by atoms with Gasteiger partial charge in [-0.25, -0.2) is 4.39 Å². The number of carbonyl (C=O) groups excluding carboxylic acids is 1. The molecule has 0 aliphatic carbocycles. The van der Waals surface area contributed by atoms with Gasteiger partial charge in [0, 0.05) is 19.2 Å². The monoisotopic (exact) mass is 304 g/mol. The fourth-order valence-electron chi connectivity index (χ4n) is 2.85. The molecular weight excluding hydrogens is 279 g/mol. The second-order valence-electron chi connectivity index (χ2n) is 6.08. The molecule has 1 N–H and O–H groups in total. The maximum absolute atomic E-state index is 13.0. The van der Waals surface area contributed by atoms with Gasteiger partial charge in [0.2, 0.25) is 5.91 Å².